The van der Waals surface area contributed by atoms with Crippen LogP contribution in [0.3, 0.4) is 0 Å². The Labute approximate surface area is 173 Å². The number of benzene rings is 2. The Morgan fingerprint density at radius 2 is 1.83 bits per heavy atom. The van der Waals surface area contributed by atoms with Crippen LogP contribution in [-0.4, -0.2) is 31.6 Å². The molecule has 0 aliphatic carbocycles. The highest BCUT2D eigenvalue weighted by Crippen LogP contribution is 2.32. The van der Waals surface area contributed by atoms with Crippen molar-refractivity contribution in [3.63, 3.8) is 0 Å². The molecule has 0 N–H and O–H groups in total. The molecule has 1 amide bonds. The lowest BCUT2D eigenvalue weighted by atomic mass is 10.1. The van der Waals surface area contributed by atoms with Crippen LogP contribution in [0.4, 0.5) is 13.2 Å². The van der Waals surface area contributed by atoms with Crippen molar-refractivity contribution in [1.29, 1.82) is 0 Å². The van der Waals surface area contributed by atoms with E-state index in [1.165, 1.54) is 17.0 Å². The van der Waals surface area contributed by atoms with Crippen molar-refractivity contribution in [2.45, 2.75) is 26.1 Å². The zero-order chi connectivity index (χ0) is 20.9. The summed E-state index contributed by atoms with van der Waals surface area (Å²) in [5.41, 5.74) is 0.188. The Balaban J connectivity index is 1.67. The molecule has 150 valence electrons. The van der Waals surface area contributed by atoms with Crippen LogP contribution >= 0.6 is 23.2 Å². The van der Waals surface area contributed by atoms with Gasteiger partial charge in [0.1, 0.15) is 17.5 Å². The second kappa shape index (κ2) is 7.35. The Kier molecular flexibility index (Phi) is 5.00. The number of carbonyl (C=O) groups excluding carboxylic acids is 1. The van der Waals surface area contributed by atoms with Crippen LogP contribution in [0, 0.1) is 17.5 Å². The summed E-state index contributed by atoms with van der Waals surface area (Å²) in [6.07, 6.45) is 0. The van der Waals surface area contributed by atoms with Crippen molar-refractivity contribution in [1.82, 2.24) is 19.7 Å². The molecule has 3 aromatic rings. The van der Waals surface area contributed by atoms with E-state index in [1.54, 1.807) is 11.5 Å². The lowest BCUT2D eigenvalue weighted by Gasteiger charge is -2.34. The maximum atomic E-state index is 14.2. The molecule has 1 aliphatic rings. The number of aromatic nitrogens is 3. The third-order valence-corrected chi connectivity index (χ3v) is 5.68. The summed E-state index contributed by atoms with van der Waals surface area (Å²) < 4.78 is 42.6. The summed E-state index contributed by atoms with van der Waals surface area (Å²) in [5.74, 6) is -1.92. The van der Waals surface area contributed by atoms with Crippen LogP contribution in [0.1, 0.15) is 23.1 Å². The fourth-order valence-corrected chi connectivity index (χ4v) is 3.70. The summed E-state index contributed by atoms with van der Waals surface area (Å²) in [5, 5.41) is 7.59. The van der Waals surface area contributed by atoms with E-state index in [-0.39, 0.29) is 46.1 Å². The first-order valence-corrected chi connectivity index (χ1v) is 9.35. The Bertz CT molecular complexity index is 1130. The van der Waals surface area contributed by atoms with Crippen LogP contribution in [-0.2, 0) is 13.1 Å². The third kappa shape index (κ3) is 3.36. The van der Waals surface area contributed by atoms with Gasteiger partial charge in [-0.05, 0) is 31.2 Å². The Hall–Kier alpha value is -2.58. The quantitative estimate of drug-likeness (QED) is 0.542. The average Bonchev–Trinajstić information content (AvgIpc) is 3.07. The van der Waals surface area contributed by atoms with Gasteiger partial charge in [-0.15, -0.1) is 10.2 Å². The second-order valence-electron chi connectivity index (χ2n) is 6.68. The average molecular weight is 441 g/mol. The van der Waals surface area contributed by atoms with Crippen molar-refractivity contribution < 1.29 is 18.0 Å². The monoisotopic (exact) mass is 440 g/mol. The van der Waals surface area contributed by atoms with E-state index >= 15 is 0 Å². The molecule has 0 saturated heterocycles. The van der Waals surface area contributed by atoms with Crippen LogP contribution in [0.2, 0.25) is 10.0 Å². The van der Waals surface area contributed by atoms with E-state index in [0.29, 0.717) is 5.82 Å². The van der Waals surface area contributed by atoms with Crippen LogP contribution in [0.5, 0.6) is 0 Å². The van der Waals surface area contributed by atoms with Gasteiger partial charge in [-0.1, -0.05) is 23.2 Å². The van der Waals surface area contributed by atoms with Gasteiger partial charge < -0.3 is 9.47 Å². The van der Waals surface area contributed by atoms with Gasteiger partial charge in [0.25, 0.3) is 5.91 Å². The van der Waals surface area contributed by atoms with Gasteiger partial charge in [-0.25, -0.2) is 13.2 Å². The molecule has 5 nitrogen and oxygen atoms in total. The summed E-state index contributed by atoms with van der Waals surface area (Å²) in [6.45, 7) is 2.17. The van der Waals surface area contributed by atoms with Crippen molar-refractivity contribution in [3.8, 4) is 11.4 Å². The minimum Gasteiger partial charge on any atom is -0.327 e. The third-order valence-electron chi connectivity index (χ3n) is 4.82. The molecule has 29 heavy (non-hydrogen) atoms. The highest BCUT2D eigenvalue weighted by atomic mass is 35.5. The first-order valence-electron chi connectivity index (χ1n) is 8.60. The van der Waals surface area contributed by atoms with E-state index < -0.39 is 23.4 Å². The SMILES string of the molecule is CC1Cn2c(nnc2-c2ccc(F)cc2F)CN1C(=O)c1ccc(F)c(Cl)c1Cl. The fraction of sp³-hybridized carbons (Fsp3) is 0.211. The Morgan fingerprint density at radius 3 is 2.55 bits per heavy atom. The molecule has 1 unspecified atom stereocenters. The highest BCUT2D eigenvalue weighted by Gasteiger charge is 2.32. The first-order chi connectivity index (χ1) is 13.8. The largest absolute Gasteiger partial charge is 0.327 e. The van der Waals surface area contributed by atoms with Gasteiger partial charge in [0.05, 0.1) is 27.7 Å². The molecule has 2 heterocycles. The van der Waals surface area contributed by atoms with E-state index in [1.807, 2.05) is 0 Å². The number of fused-ring (bicyclic) bond motifs is 1. The van der Waals surface area contributed by atoms with Gasteiger partial charge >= 0.3 is 0 Å². The predicted octanol–water partition coefficient (Wildman–Crippen LogP) is 4.71. The molecule has 0 fully saturated rings. The zero-order valence-corrected chi connectivity index (χ0v) is 16.5. The van der Waals surface area contributed by atoms with Crippen LogP contribution in [0.25, 0.3) is 11.4 Å². The topological polar surface area (TPSA) is 51.0 Å². The molecule has 0 bridgehead atoms. The fourth-order valence-electron chi connectivity index (χ4n) is 3.30. The lowest BCUT2D eigenvalue weighted by Crippen LogP contribution is -2.45. The van der Waals surface area contributed by atoms with Crippen molar-refractivity contribution in [2.75, 3.05) is 0 Å². The van der Waals surface area contributed by atoms with Crippen molar-refractivity contribution >= 4 is 29.1 Å². The minimum absolute atomic E-state index is 0.0719. The van der Waals surface area contributed by atoms with Gasteiger partial charge in [0, 0.05) is 18.7 Å². The van der Waals surface area contributed by atoms with Crippen molar-refractivity contribution in [2.24, 2.45) is 0 Å². The smallest absolute Gasteiger partial charge is 0.256 e. The van der Waals surface area contributed by atoms with Gasteiger partial charge in [-0.2, -0.15) is 0 Å². The molecule has 1 atom stereocenters. The summed E-state index contributed by atoms with van der Waals surface area (Å²) in [6, 6.07) is 5.24. The van der Waals surface area contributed by atoms with E-state index in [2.05, 4.69) is 10.2 Å². The molecular formula is C19H13Cl2F3N4O. The van der Waals surface area contributed by atoms with Gasteiger partial charge in [0.15, 0.2) is 11.6 Å². The molecular weight excluding hydrogens is 428 g/mol. The van der Waals surface area contributed by atoms with E-state index in [0.717, 1.165) is 18.2 Å². The van der Waals surface area contributed by atoms with Crippen molar-refractivity contribution in [3.05, 3.63) is 69.2 Å². The summed E-state index contributed by atoms with van der Waals surface area (Å²) >= 11 is 11.9. The summed E-state index contributed by atoms with van der Waals surface area (Å²) in [7, 11) is 0. The molecule has 4 rings (SSSR count). The molecule has 0 radical (unpaired) electrons. The number of hydrogen-bond acceptors (Lipinski definition) is 3. The number of amides is 1. The number of nitrogens with zero attached hydrogens (tertiary/aromatic N) is 4. The van der Waals surface area contributed by atoms with Gasteiger partial charge in [0.2, 0.25) is 0 Å². The molecule has 2 aromatic carbocycles. The highest BCUT2D eigenvalue weighted by molar-refractivity contribution is 6.43. The molecule has 1 aromatic heterocycles. The first kappa shape index (κ1) is 19.7. The number of halogens is 5. The van der Waals surface area contributed by atoms with E-state index in [9.17, 15) is 18.0 Å². The van der Waals surface area contributed by atoms with Crippen LogP contribution < -0.4 is 0 Å². The molecule has 0 saturated carbocycles. The normalized spacial score (nSPS) is 16.1. The van der Waals surface area contributed by atoms with Crippen LogP contribution in [0.15, 0.2) is 30.3 Å². The maximum Gasteiger partial charge on any atom is 0.256 e. The molecule has 1 aliphatic heterocycles. The molecule has 10 heteroatoms. The zero-order valence-electron chi connectivity index (χ0n) is 15.0. The predicted molar refractivity (Wildman–Crippen MR) is 101 cm³/mol. The number of carbonyl (C=O) groups is 1. The minimum atomic E-state index is -0.751. The standard InChI is InChI=1S/C19H13Cl2F3N4O/c1-9-7-28-15(25-26-18(28)11-3-2-10(22)6-14(11)24)8-27(9)19(29)12-4-5-13(23)17(21)16(12)20/h2-6,9H,7-8H2,1H3. The second-order valence-corrected chi connectivity index (χ2v) is 7.44. The molecule has 0 spiro atoms. The maximum absolute atomic E-state index is 14.2. The number of hydrogen-bond donors (Lipinski definition) is 0. The lowest BCUT2D eigenvalue weighted by molar-refractivity contribution is 0.0612. The van der Waals surface area contributed by atoms with Gasteiger partial charge in [-0.3, -0.25) is 4.79 Å². The Morgan fingerprint density at radius 1 is 1.07 bits per heavy atom. The number of rotatable bonds is 2. The van der Waals surface area contributed by atoms with E-state index in [4.69, 9.17) is 23.2 Å². The summed E-state index contributed by atoms with van der Waals surface area (Å²) in [4.78, 5) is 14.5.